The number of aromatic nitrogens is 1. The molecule has 3 rings (SSSR count). The molecule has 0 aliphatic carbocycles. The third kappa shape index (κ3) is 4.29. The fourth-order valence-electron chi connectivity index (χ4n) is 1.96. The third-order valence-electron chi connectivity index (χ3n) is 3.11. The SMILES string of the molecule is COc1cccc(/C=N/Nc2nc(-c3ccc(I)cc3)cs2)c1. The molecule has 0 unspecified atom stereocenters. The topological polar surface area (TPSA) is 46.5 Å². The highest BCUT2D eigenvalue weighted by atomic mass is 127. The first-order valence-corrected chi connectivity index (χ1v) is 8.85. The maximum atomic E-state index is 5.19. The van der Waals surface area contributed by atoms with Gasteiger partial charge in [-0.05, 0) is 52.4 Å². The van der Waals surface area contributed by atoms with Crippen LogP contribution >= 0.6 is 33.9 Å². The number of nitrogens with zero attached hydrogens (tertiary/aromatic N) is 2. The zero-order valence-corrected chi connectivity index (χ0v) is 15.3. The lowest BCUT2D eigenvalue weighted by Gasteiger charge is -1.99. The summed E-state index contributed by atoms with van der Waals surface area (Å²) in [4.78, 5) is 4.54. The van der Waals surface area contributed by atoms with E-state index >= 15 is 0 Å². The maximum absolute atomic E-state index is 5.19. The van der Waals surface area contributed by atoms with Crippen LogP contribution in [0.15, 0.2) is 59.0 Å². The highest BCUT2D eigenvalue weighted by Crippen LogP contribution is 2.25. The van der Waals surface area contributed by atoms with Gasteiger partial charge < -0.3 is 4.74 Å². The first-order chi connectivity index (χ1) is 11.2. The van der Waals surface area contributed by atoms with Gasteiger partial charge in [0.2, 0.25) is 5.13 Å². The fraction of sp³-hybridized carbons (Fsp3) is 0.0588. The molecular weight excluding hydrogens is 421 g/mol. The predicted molar refractivity (Wildman–Crippen MR) is 104 cm³/mol. The van der Waals surface area contributed by atoms with E-state index in [4.69, 9.17) is 4.74 Å². The van der Waals surface area contributed by atoms with Crippen molar-refractivity contribution in [2.75, 3.05) is 12.5 Å². The van der Waals surface area contributed by atoms with E-state index in [1.807, 2.05) is 29.6 Å². The van der Waals surface area contributed by atoms with Gasteiger partial charge in [0, 0.05) is 14.5 Å². The van der Waals surface area contributed by atoms with Gasteiger partial charge in [-0.2, -0.15) is 5.10 Å². The molecule has 0 spiro atoms. The van der Waals surface area contributed by atoms with E-state index in [0.29, 0.717) is 0 Å². The summed E-state index contributed by atoms with van der Waals surface area (Å²) in [6, 6.07) is 16.0. The van der Waals surface area contributed by atoms with Crippen molar-refractivity contribution in [3.8, 4) is 17.0 Å². The first-order valence-electron chi connectivity index (χ1n) is 6.89. The molecule has 0 radical (unpaired) electrons. The van der Waals surface area contributed by atoms with Crippen molar-refractivity contribution in [2.45, 2.75) is 0 Å². The lowest BCUT2D eigenvalue weighted by atomic mass is 10.2. The predicted octanol–water partition coefficient (Wildman–Crippen LogP) is 4.87. The minimum Gasteiger partial charge on any atom is -0.497 e. The summed E-state index contributed by atoms with van der Waals surface area (Å²) in [5.74, 6) is 0.809. The lowest BCUT2D eigenvalue weighted by molar-refractivity contribution is 0.415. The number of anilines is 1. The molecule has 116 valence electrons. The summed E-state index contributed by atoms with van der Waals surface area (Å²) in [7, 11) is 1.65. The van der Waals surface area contributed by atoms with Gasteiger partial charge >= 0.3 is 0 Å². The molecule has 0 saturated carbocycles. The highest BCUT2D eigenvalue weighted by molar-refractivity contribution is 14.1. The van der Waals surface area contributed by atoms with E-state index < -0.39 is 0 Å². The Bertz CT molecular complexity index is 815. The van der Waals surface area contributed by atoms with Crippen LogP contribution in [0.1, 0.15) is 5.56 Å². The average Bonchev–Trinajstić information content (AvgIpc) is 3.04. The van der Waals surface area contributed by atoms with Crippen molar-refractivity contribution in [3.63, 3.8) is 0 Å². The molecule has 23 heavy (non-hydrogen) atoms. The maximum Gasteiger partial charge on any atom is 0.203 e. The first kappa shape index (κ1) is 15.9. The van der Waals surface area contributed by atoms with Crippen molar-refractivity contribution in [1.82, 2.24) is 4.98 Å². The second-order valence-corrected chi connectivity index (χ2v) is 6.80. The van der Waals surface area contributed by atoms with Crippen LogP contribution in [0.25, 0.3) is 11.3 Å². The summed E-state index contributed by atoms with van der Waals surface area (Å²) in [6.45, 7) is 0. The summed E-state index contributed by atoms with van der Waals surface area (Å²) in [6.07, 6.45) is 1.74. The molecule has 0 atom stereocenters. The Morgan fingerprint density at radius 1 is 1.22 bits per heavy atom. The second-order valence-electron chi connectivity index (χ2n) is 4.69. The molecule has 0 aliphatic heterocycles. The number of hydrogen-bond donors (Lipinski definition) is 1. The van der Waals surface area contributed by atoms with E-state index in [1.54, 1.807) is 13.3 Å². The quantitative estimate of drug-likeness (QED) is 0.354. The molecule has 0 bridgehead atoms. The Morgan fingerprint density at radius 3 is 2.83 bits per heavy atom. The molecule has 0 amide bonds. The van der Waals surface area contributed by atoms with Crippen LogP contribution in [-0.2, 0) is 0 Å². The van der Waals surface area contributed by atoms with E-state index in [2.05, 4.69) is 62.4 Å². The van der Waals surface area contributed by atoms with Crippen molar-refractivity contribution in [2.24, 2.45) is 5.10 Å². The largest absolute Gasteiger partial charge is 0.497 e. The number of halogens is 1. The van der Waals surface area contributed by atoms with E-state index in [9.17, 15) is 0 Å². The molecular formula is C17H14IN3OS. The smallest absolute Gasteiger partial charge is 0.203 e. The number of methoxy groups -OCH3 is 1. The van der Waals surface area contributed by atoms with Gasteiger partial charge in [-0.15, -0.1) is 11.3 Å². The van der Waals surface area contributed by atoms with Gasteiger partial charge in [0.25, 0.3) is 0 Å². The van der Waals surface area contributed by atoms with Gasteiger partial charge in [-0.3, -0.25) is 5.43 Å². The number of thiazole rings is 1. The van der Waals surface area contributed by atoms with Crippen LogP contribution < -0.4 is 10.2 Å². The van der Waals surface area contributed by atoms with Crippen LogP contribution in [0.4, 0.5) is 5.13 Å². The third-order valence-corrected chi connectivity index (χ3v) is 4.58. The van der Waals surface area contributed by atoms with Crippen molar-refractivity contribution in [1.29, 1.82) is 0 Å². The normalized spacial score (nSPS) is 10.9. The molecule has 0 saturated heterocycles. The number of nitrogens with one attached hydrogen (secondary N) is 1. The summed E-state index contributed by atoms with van der Waals surface area (Å²) in [5.41, 5.74) is 5.98. The van der Waals surface area contributed by atoms with Crippen molar-refractivity contribution >= 4 is 45.3 Å². The molecule has 2 aromatic carbocycles. The van der Waals surface area contributed by atoms with Crippen molar-refractivity contribution in [3.05, 3.63) is 63.0 Å². The highest BCUT2D eigenvalue weighted by Gasteiger charge is 2.03. The number of hydrogen-bond acceptors (Lipinski definition) is 5. The van der Waals surface area contributed by atoms with Crippen LogP contribution in [-0.4, -0.2) is 18.3 Å². The second kappa shape index (κ2) is 7.56. The zero-order valence-electron chi connectivity index (χ0n) is 12.4. The minimum absolute atomic E-state index is 0.762. The summed E-state index contributed by atoms with van der Waals surface area (Å²) in [5, 5.41) is 7.01. The van der Waals surface area contributed by atoms with Gasteiger partial charge in [0.05, 0.1) is 19.0 Å². The molecule has 6 heteroatoms. The zero-order chi connectivity index (χ0) is 16.1. The lowest BCUT2D eigenvalue weighted by Crippen LogP contribution is -1.91. The monoisotopic (exact) mass is 435 g/mol. The summed E-state index contributed by atoms with van der Waals surface area (Å²) >= 11 is 3.82. The van der Waals surface area contributed by atoms with Gasteiger partial charge in [-0.25, -0.2) is 4.98 Å². The van der Waals surface area contributed by atoms with Crippen LogP contribution in [0, 0.1) is 3.57 Å². The van der Waals surface area contributed by atoms with E-state index in [0.717, 1.165) is 27.7 Å². The van der Waals surface area contributed by atoms with Crippen LogP contribution in [0.5, 0.6) is 5.75 Å². The van der Waals surface area contributed by atoms with E-state index in [-0.39, 0.29) is 0 Å². The number of benzene rings is 2. The van der Waals surface area contributed by atoms with E-state index in [1.165, 1.54) is 14.9 Å². The molecule has 1 aromatic heterocycles. The Labute approximate surface area is 152 Å². The van der Waals surface area contributed by atoms with Crippen LogP contribution in [0.3, 0.4) is 0 Å². The Kier molecular flexibility index (Phi) is 5.24. The standard InChI is InChI=1S/C17H14IN3OS/c1-22-15-4-2-3-12(9-15)10-19-21-17-20-16(11-23-17)13-5-7-14(18)8-6-13/h2-11H,1H3,(H,20,21)/b19-10+. The number of ether oxygens (including phenoxy) is 1. The minimum atomic E-state index is 0.762. The molecule has 1 N–H and O–H groups in total. The number of hydrazone groups is 1. The molecule has 4 nitrogen and oxygen atoms in total. The van der Waals surface area contributed by atoms with Crippen molar-refractivity contribution < 1.29 is 4.74 Å². The van der Waals surface area contributed by atoms with Gasteiger partial charge in [0.15, 0.2) is 0 Å². The average molecular weight is 435 g/mol. The Hall–Kier alpha value is -1.93. The number of rotatable bonds is 5. The molecule has 1 heterocycles. The molecule has 0 aliphatic rings. The summed E-state index contributed by atoms with van der Waals surface area (Å²) < 4.78 is 6.40. The van der Waals surface area contributed by atoms with Gasteiger partial charge in [0.1, 0.15) is 5.75 Å². The molecule has 0 fully saturated rings. The fourth-order valence-corrected chi connectivity index (χ4v) is 2.99. The Balaban J connectivity index is 1.67. The Morgan fingerprint density at radius 2 is 2.04 bits per heavy atom. The van der Waals surface area contributed by atoms with Crippen LogP contribution in [0.2, 0.25) is 0 Å². The molecule has 3 aromatic rings. The van der Waals surface area contributed by atoms with Gasteiger partial charge in [-0.1, -0.05) is 24.3 Å².